The number of nitrogens with zero attached hydrogens (tertiary/aromatic N) is 1. The molecule has 1 aromatic heterocycles. The Balaban J connectivity index is 2.65. The van der Waals surface area contributed by atoms with E-state index in [9.17, 15) is 13.6 Å². The van der Waals surface area contributed by atoms with E-state index < -0.39 is 17.6 Å². The van der Waals surface area contributed by atoms with Crippen LogP contribution < -0.4 is 0 Å². The highest BCUT2D eigenvalue weighted by atomic mass is 35.5. The summed E-state index contributed by atoms with van der Waals surface area (Å²) in [5.41, 5.74) is 0.278. The van der Waals surface area contributed by atoms with E-state index in [0.29, 0.717) is 5.69 Å². The first-order valence-corrected chi connectivity index (χ1v) is 6.48. The first-order chi connectivity index (χ1) is 9.85. The summed E-state index contributed by atoms with van der Waals surface area (Å²) in [5, 5.41) is -0.335. The van der Waals surface area contributed by atoms with Crippen LogP contribution in [0, 0.1) is 23.2 Å². The third kappa shape index (κ3) is 2.93. The number of aryl methyl sites for hydroxylation is 1. The summed E-state index contributed by atoms with van der Waals surface area (Å²) < 4.78 is 31.9. The zero-order chi connectivity index (χ0) is 15.7. The van der Waals surface area contributed by atoms with Gasteiger partial charge >= 0.3 is 5.97 Å². The number of esters is 1. The van der Waals surface area contributed by atoms with Crippen LogP contribution in [0.1, 0.15) is 16.1 Å². The van der Waals surface area contributed by atoms with Crippen LogP contribution >= 0.6 is 23.8 Å². The van der Waals surface area contributed by atoms with Gasteiger partial charge in [0, 0.05) is 5.69 Å². The van der Waals surface area contributed by atoms with Gasteiger partial charge in [-0.3, -0.25) is 0 Å². The van der Waals surface area contributed by atoms with Crippen molar-refractivity contribution in [2.45, 2.75) is 6.92 Å². The lowest BCUT2D eigenvalue weighted by atomic mass is 10.1. The van der Waals surface area contributed by atoms with Gasteiger partial charge in [-0.15, -0.1) is 0 Å². The Labute approximate surface area is 128 Å². The zero-order valence-electron chi connectivity index (χ0n) is 11.0. The average Bonchev–Trinajstić information content (AvgIpc) is 2.41. The number of halogens is 3. The fourth-order valence-corrected chi connectivity index (χ4v) is 2.24. The summed E-state index contributed by atoms with van der Waals surface area (Å²) in [6, 6.07) is 1.75. The lowest BCUT2D eigenvalue weighted by molar-refractivity contribution is 0.0598. The number of H-pyrrole nitrogens is 1. The van der Waals surface area contributed by atoms with Gasteiger partial charge in [-0.1, -0.05) is 23.8 Å². The van der Waals surface area contributed by atoms with Crippen molar-refractivity contribution >= 4 is 29.8 Å². The molecule has 1 N–H and O–H groups in total. The Bertz CT molecular complexity index is 792. The molecule has 1 aromatic carbocycles. The van der Waals surface area contributed by atoms with E-state index in [2.05, 4.69) is 14.7 Å². The summed E-state index contributed by atoms with van der Waals surface area (Å²) in [7, 11) is 1.21. The molecule has 21 heavy (non-hydrogen) atoms. The molecule has 0 saturated carbocycles. The number of benzene rings is 1. The SMILES string of the molecule is COC(=O)c1c(C)[nH]c(-c2cc(F)c(Cl)cc2F)nc1=S. The molecule has 0 fully saturated rings. The Morgan fingerprint density at radius 2 is 2.05 bits per heavy atom. The molecule has 0 aliphatic heterocycles. The van der Waals surface area contributed by atoms with Gasteiger partial charge in [-0.05, 0) is 19.1 Å². The van der Waals surface area contributed by atoms with E-state index in [1.807, 2.05) is 0 Å². The number of ether oxygens (including phenoxy) is 1. The van der Waals surface area contributed by atoms with Gasteiger partial charge in [-0.2, -0.15) is 0 Å². The van der Waals surface area contributed by atoms with Gasteiger partial charge < -0.3 is 9.72 Å². The molecule has 0 aliphatic rings. The molecule has 0 saturated heterocycles. The average molecular weight is 331 g/mol. The summed E-state index contributed by atoms with van der Waals surface area (Å²) in [6.07, 6.45) is 0. The van der Waals surface area contributed by atoms with Crippen molar-refractivity contribution in [3.63, 3.8) is 0 Å². The zero-order valence-corrected chi connectivity index (χ0v) is 12.5. The molecule has 8 heteroatoms. The number of aromatic amines is 1. The predicted octanol–water partition coefficient (Wildman–Crippen LogP) is 3.83. The van der Waals surface area contributed by atoms with Crippen molar-refractivity contribution in [2.75, 3.05) is 7.11 Å². The molecule has 0 radical (unpaired) electrons. The summed E-state index contributed by atoms with van der Waals surface area (Å²) in [4.78, 5) is 18.2. The standard InChI is InChI=1S/C13H9ClF2N2O2S/c1-5-10(13(19)20-2)12(21)18-11(17-5)6-3-9(16)7(14)4-8(6)15/h3-4H,1-2H3,(H,17,18,21). The first kappa shape index (κ1) is 15.5. The highest BCUT2D eigenvalue weighted by Gasteiger charge is 2.17. The van der Waals surface area contributed by atoms with Crippen LogP contribution in [0.2, 0.25) is 5.02 Å². The first-order valence-electron chi connectivity index (χ1n) is 5.69. The van der Waals surface area contributed by atoms with Crippen molar-refractivity contribution in [1.29, 1.82) is 0 Å². The Morgan fingerprint density at radius 1 is 1.38 bits per heavy atom. The molecule has 0 amide bonds. The van der Waals surface area contributed by atoms with Crippen molar-refractivity contribution in [3.05, 3.63) is 44.7 Å². The van der Waals surface area contributed by atoms with Gasteiger partial charge in [0.25, 0.3) is 0 Å². The molecule has 0 aliphatic carbocycles. The van der Waals surface area contributed by atoms with Crippen molar-refractivity contribution < 1.29 is 18.3 Å². The number of aromatic nitrogens is 2. The number of carbonyl (C=O) groups excluding carboxylic acids is 1. The molecule has 4 nitrogen and oxygen atoms in total. The lowest BCUT2D eigenvalue weighted by Crippen LogP contribution is -2.09. The Morgan fingerprint density at radius 3 is 2.62 bits per heavy atom. The summed E-state index contributed by atoms with van der Waals surface area (Å²) >= 11 is 10.5. The van der Waals surface area contributed by atoms with Crippen LogP contribution in [0.3, 0.4) is 0 Å². The van der Waals surface area contributed by atoms with Crippen molar-refractivity contribution in [3.8, 4) is 11.4 Å². The van der Waals surface area contributed by atoms with Gasteiger partial charge in [0.2, 0.25) is 0 Å². The molecular weight excluding hydrogens is 322 g/mol. The normalized spacial score (nSPS) is 10.5. The monoisotopic (exact) mass is 330 g/mol. The topological polar surface area (TPSA) is 55.0 Å². The van der Waals surface area contributed by atoms with Gasteiger partial charge in [0.1, 0.15) is 27.7 Å². The van der Waals surface area contributed by atoms with Crippen LogP contribution in [-0.2, 0) is 4.74 Å². The Kier molecular flexibility index (Phi) is 4.34. The highest BCUT2D eigenvalue weighted by molar-refractivity contribution is 7.71. The van der Waals surface area contributed by atoms with Crippen LogP contribution in [0.4, 0.5) is 8.78 Å². The maximum Gasteiger partial charge on any atom is 0.342 e. The van der Waals surface area contributed by atoms with Gasteiger partial charge in [0.05, 0.1) is 17.7 Å². The highest BCUT2D eigenvalue weighted by Crippen LogP contribution is 2.26. The van der Waals surface area contributed by atoms with Crippen LogP contribution in [0.5, 0.6) is 0 Å². The van der Waals surface area contributed by atoms with Gasteiger partial charge in [-0.25, -0.2) is 18.6 Å². The van der Waals surface area contributed by atoms with Crippen LogP contribution in [0.25, 0.3) is 11.4 Å². The fraction of sp³-hybridized carbons (Fsp3) is 0.154. The van der Waals surface area contributed by atoms with E-state index in [1.54, 1.807) is 6.92 Å². The fourth-order valence-electron chi connectivity index (χ4n) is 1.76. The largest absolute Gasteiger partial charge is 0.465 e. The summed E-state index contributed by atoms with van der Waals surface area (Å²) in [5.74, 6) is -2.21. The van der Waals surface area contributed by atoms with Gasteiger partial charge in [0.15, 0.2) is 0 Å². The smallest absolute Gasteiger partial charge is 0.342 e. The number of carbonyl (C=O) groups is 1. The van der Waals surface area contributed by atoms with Crippen molar-refractivity contribution in [1.82, 2.24) is 9.97 Å². The van der Waals surface area contributed by atoms with E-state index in [1.165, 1.54) is 7.11 Å². The molecular formula is C13H9ClF2N2O2S. The molecule has 0 spiro atoms. The maximum atomic E-state index is 13.9. The number of hydrogen-bond donors (Lipinski definition) is 1. The predicted molar refractivity (Wildman–Crippen MR) is 75.9 cm³/mol. The second-order valence-electron chi connectivity index (χ2n) is 4.13. The van der Waals surface area contributed by atoms with Crippen molar-refractivity contribution in [2.24, 2.45) is 0 Å². The van der Waals surface area contributed by atoms with E-state index in [0.717, 1.165) is 12.1 Å². The molecule has 2 rings (SSSR count). The molecule has 0 bridgehead atoms. The van der Waals surface area contributed by atoms with Crippen LogP contribution in [0.15, 0.2) is 12.1 Å². The number of hydrogen-bond acceptors (Lipinski definition) is 4. The second kappa shape index (κ2) is 5.87. The minimum atomic E-state index is -0.788. The number of rotatable bonds is 2. The quantitative estimate of drug-likeness (QED) is 0.516. The second-order valence-corrected chi connectivity index (χ2v) is 4.92. The minimum Gasteiger partial charge on any atom is -0.465 e. The molecule has 2 aromatic rings. The molecule has 110 valence electrons. The van der Waals surface area contributed by atoms with E-state index in [4.69, 9.17) is 23.8 Å². The van der Waals surface area contributed by atoms with E-state index >= 15 is 0 Å². The van der Waals surface area contributed by atoms with Crippen LogP contribution in [-0.4, -0.2) is 23.0 Å². The summed E-state index contributed by atoms with van der Waals surface area (Å²) in [6.45, 7) is 1.55. The minimum absolute atomic E-state index is 0.00165. The third-order valence-corrected chi connectivity index (χ3v) is 3.35. The Hall–Kier alpha value is -1.86. The lowest BCUT2D eigenvalue weighted by Gasteiger charge is -2.09. The molecule has 0 atom stereocenters. The number of methoxy groups -OCH3 is 1. The third-order valence-electron chi connectivity index (χ3n) is 2.76. The molecule has 0 unspecified atom stereocenters. The maximum absolute atomic E-state index is 13.9. The number of nitrogens with one attached hydrogen (secondary N) is 1. The molecule has 1 heterocycles. The van der Waals surface area contributed by atoms with E-state index in [-0.39, 0.29) is 26.6 Å².